The Hall–Kier alpha value is -1.11. The molecule has 0 bridgehead atoms. The topological polar surface area (TPSA) is 52.7 Å². The number of hydrogen-bond acceptors (Lipinski definition) is 3. The van der Waals surface area contributed by atoms with Gasteiger partial charge in [0.05, 0.1) is 0 Å². The Morgan fingerprint density at radius 2 is 1.92 bits per heavy atom. The number of halogens is 2. The second kappa shape index (κ2) is 8.32. The van der Waals surface area contributed by atoms with Crippen LogP contribution < -0.4 is 5.32 Å². The van der Waals surface area contributed by atoms with Crippen LogP contribution >= 0.6 is 28.3 Å². The molecular formula is C17H23BrClN3O2. The standard InChI is InChI=1S/C17H22BrN3O2.ClH/c1-12-11-20(10-8-19-12)17(23)15-3-2-9-21(15)16(22)13-4-6-14(18)7-5-13;/h4-7,12,15,19H,2-3,8-11H2,1H3;1H. The van der Waals surface area contributed by atoms with Crippen LogP contribution in [0.1, 0.15) is 30.1 Å². The minimum Gasteiger partial charge on any atom is -0.338 e. The molecule has 0 spiro atoms. The molecule has 132 valence electrons. The third-order valence-electron chi connectivity index (χ3n) is 4.57. The third kappa shape index (κ3) is 4.10. The minimum absolute atomic E-state index is 0. The van der Waals surface area contributed by atoms with Gasteiger partial charge in [0.2, 0.25) is 5.91 Å². The zero-order valence-corrected chi connectivity index (χ0v) is 16.1. The first-order valence-electron chi connectivity index (χ1n) is 8.15. The quantitative estimate of drug-likeness (QED) is 0.805. The predicted octanol–water partition coefficient (Wildman–Crippen LogP) is 2.30. The van der Waals surface area contributed by atoms with E-state index in [9.17, 15) is 9.59 Å². The van der Waals surface area contributed by atoms with Crippen molar-refractivity contribution in [1.29, 1.82) is 0 Å². The van der Waals surface area contributed by atoms with Crippen LogP contribution in [0.3, 0.4) is 0 Å². The third-order valence-corrected chi connectivity index (χ3v) is 5.10. The molecule has 5 nitrogen and oxygen atoms in total. The monoisotopic (exact) mass is 415 g/mol. The lowest BCUT2D eigenvalue weighted by molar-refractivity contribution is -0.136. The van der Waals surface area contributed by atoms with Gasteiger partial charge < -0.3 is 15.1 Å². The molecule has 2 atom stereocenters. The molecule has 2 unspecified atom stereocenters. The van der Waals surface area contributed by atoms with Gasteiger partial charge in [0.25, 0.3) is 5.91 Å². The summed E-state index contributed by atoms with van der Waals surface area (Å²) in [6.07, 6.45) is 1.65. The largest absolute Gasteiger partial charge is 0.338 e. The first-order chi connectivity index (χ1) is 11.1. The molecule has 2 heterocycles. The van der Waals surface area contributed by atoms with Gasteiger partial charge in [-0.2, -0.15) is 0 Å². The maximum absolute atomic E-state index is 12.8. The van der Waals surface area contributed by atoms with Gasteiger partial charge in [-0.3, -0.25) is 9.59 Å². The van der Waals surface area contributed by atoms with Gasteiger partial charge in [-0.25, -0.2) is 0 Å². The second-order valence-electron chi connectivity index (χ2n) is 6.30. The van der Waals surface area contributed by atoms with Crippen molar-refractivity contribution in [2.24, 2.45) is 0 Å². The van der Waals surface area contributed by atoms with E-state index in [0.29, 0.717) is 18.2 Å². The second-order valence-corrected chi connectivity index (χ2v) is 7.22. The lowest BCUT2D eigenvalue weighted by Crippen LogP contribution is -2.56. The lowest BCUT2D eigenvalue weighted by Gasteiger charge is -2.35. The van der Waals surface area contributed by atoms with Crippen molar-refractivity contribution in [2.45, 2.75) is 31.8 Å². The summed E-state index contributed by atoms with van der Waals surface area (Å²) in [7, 11) is 0. The number of carbonyl (C=O) groups is 2. The van der Waals surface area contributed by atoms with Gasteiger partial charge in [0.1, 0.15) is 6.04 Å². The summed E-state index contributed by atoms with van der Waals surface area (Å²) >= 11 is 3.38. The molecule has 0 saturated carbocycles. The fraction of sp³-hybridized carbons (Fsp3) is 0.529. The first-order valence-corrected chi connectivity index (χ1v) is 8.94. The molecule has 1 N–H and O–H groups in total. The lowest BCUT2D eigenvalue weighted by atomic mass is 10.1. The van der Waals surface area contributed by atoms with E-state index in [1.54, 1.807) is 17.0 Å². The highest BCUT2D eigenvalue weighted by Gasteiger charge is 2.37. The molecule has 1 aromatic carbocycles. The van der Waals surface area contributed by atoms with Crippen LogP contribution in [0.4, 0.5) is 0 Å². The van der Waals surface area contributed by atoms with E-state index in [0.717, 1.165) is 36.9 Å². The molecule has 2 saturated heterocycles. The van der Waals surface area contributed by atoms with E-state index in [-0.39, 0.29) is 30.3 Å². The first kappa shape index (κ1) is 19.2. The van der Waals surface area contributed by atoms with Gasteiger partial charge in [-0.15, -0.1) is 12.4 Å². The molecule has 2 aliphatic rings. The zero-order chi connectivity index (χ0) is 16.4. The Labute approximate surface area is 157 Å². The Bertz CT molecular complexity index is 596. The summed E-state index contributed by atoms with van der Waals surface area (Å²) in [6, 6.07) is 7.33. The summed E-state index contributed by atoms with van der Waals surface area (Å²) in [6.45, 7) is 5.00. The highest BCUT2D eigenvalue weighted by Crippen LogP contribution is 2.23. The summed E-state index contributed by atoms with van der Waals surface area (Å²) in [5, 5.41) is 3.34. The van der Waals surface area contributed by atoms with E-state index >= 15 is 0 Å². The van der Waals surface area contributed by atoms with Crippen LogP contribution in [-0.4, -0.2) is 59.9 Å². The average molecular weight is 417 g/mol. The molecule has 2 aliphatic heterocycles. The summed E-state index contributed by atoms with van der Waals surface area (Å²) < 4.78 is 0.943. The van der Waals surface area contributed by atoms with Crippen molar-refractivity contribution in [1.82, 2.24) is 15.1 Å². The molecule has 0 aliphatic carbocycles. The van der Waals surface area contributed by atoms with E-state index in [1.165, 1.54) is 0 Å². The summed E-state index contributed by atoms with van der Waals surface area (Å²) in [5.74, 6) is 0.0536. The Balaban J connectivity index is 0.00000208. The minimum atomic E-state index is -0.309. The van der Waals surface area contributed by atoms with Gasteiger partial charge in [0, 0.05) is 42.3 Å². The average Bonchev–Trinajstić information content (AvgIpc) is 3.03. The van der Waals surface area contributed by atoms with Gasteiger partial charge >= 0.3 is 0 Å². The normalized spacial score (nSPS) is 23.8. The van der Waals surface area contributed by atoms with Crippen LogP contribution in [0.5, 0.6) is 0 Å². The fourth-order valence-electron chi connectivity index (χ4n) is 3.37. The van der Waals surface area contributed by atoms with Crippen molar-refractivity contribution in [3.63, 3.8) is 0 Å². The summed E-state index contributed by atoms with van der Waals surface area (Å²) in [4.78, 5) is 29.2. The van der Waals surface area contributed by atoms with Crippen molar-refractivity contribution < 1.29 is 9.59 Å². The number of nitrogens with zero attached hydrogens (tertiary/aromatic N) is 2. The predicted molar refractivity (Wildman–Crippen MR) is 99.5 cm³/mol. The number of nitrogens with one attached hydrogen (secondary N) is 1. The van der Waals surface area contributed by atoms with E-state index in [4.69, 9.17) is 0 Å². The maximum Gasteiger partial charge on any atom is 0.254 e. The van der Waals surface area contributed by atoms with Crippen LogP contribution in [-0.2, 0) is 4.79 Å². The maximum atomic E-state index is 12.8. The smallest absolute Gasteiger partial charge is 0.254 e. The molecule has 2 fully saturated rings. The zero-order valence-electron chi connectivity index (χ0n) is 13.7. The fourth-order valence-corrected chi connectivity index (χ4v) is 3.63. The van der Waals surface area contributed by atoms with Crippen LogP contribution in [0.2, 0.25) is 0 Å². The Morgan fingerprint density at radius 3 is 2.58 bits per heavy atom. The number of benzene rings is 1. The Morgan fingerprint density at radius 1 is 1.21 bits per heavy atom. The molecule has 0 radical (unpaired) electrons. The molecule has 0 aromatic heterocycles. The summed E-state index contributed by atoms with van der Waals surface area (Å²) in [5.41, 5.74) is 0.640. The molecule has 3 rings (SSSR count). The van der Waals surface area contributed by atoms with Crippen molar-refractivity contribution >= 4 is 40.2 Å². The molecule has 24 heavy (non-hydrogen) atoms. The number of carbonyl (C=O) groups excluding carboxylic acids is 2. The van der Waals surface area contributed by atoms with Crippen LogP contribution in [0, 0.1) is 0 Å². The van der Waals surface area contributed by atoms with Crippen molar-refractivity contribution in [3.8, 4) is 0 Å². The number of amides is 2. The number of hydrogen-bond donors (Lipinski definition) is 1. The van der Waals surface area contributed by atoms with Gasteiger partial charge in [0.15, 0.2) is 0 Å². The van der Waals surface area contributed by atoms with Crippen molar-refractivity contribution in [3.05, 3.63) is 34.3 Å². The molecule has 2 amide bonds. The highest BCUT2D eigenvalue weighted by molar-refractivity contribution is 9.10. The number of piperazine rings is 1. The molecular weight excluding hydrogens is 394 g/mol. The van der Waals surface area contributed by atoms with Gasteiger partial charge in [-0.05, 0) is 44.0 Å². The van der Waals surface area contributed by atoms with E-state index < -0.39 is 0 Å². The van der Waals surface area contributed by atoms with Crippen LogP contribution in [0.15, 0.2) is 28.7 Å². The van der Waals surface area contributed by atoms with E-state index in [2.05, 4.69) is 28.2 Å². The molecule has 7 heteroatoms. The number of rotatable bonds is 2. The van der Waals surface area contributed by atoms with Crippen LogP contribution in [0.25, 0.3) is 0 Å². The van der Waals surface area contributed by atoms with E-state index in [1.807, 2.05) is 17.0 Å². The van der Waals surface area contributed by atoms with Gasteiger partial charge in [-0.1, -0.05) is 15.9 Å². The number of likely N-dealkylation sites (tertiary alicyclic amines) is 1. The Kier molecular flexibility index (Phi) is 6.66. The molecule has 1 aromatic rings. The SMILES string of the molecule is CC1CN(C(=O)C2CCCN2C(=O)c2ccc(Br)cc2)CCN1.Cl. The highest BCUT2D eigenvalue weighted by atomic mass is 79.9. The van der Waals surface area contributed by atoms with Crippen molar-refractivity contribution in [2.75, 3.05) is 26.2 Å².